The number of benzene rings is 1. The van der Waals surface area contributed by atoms with E-state index in [-0.39, 0.29) is 4.90 Å². The molecule has 2 rings (SSSR count). The highest BCUT2D eigenvalue weighted by molar-refractivity contribution is 7.89. The average molecular weight is 295 g/mol. The molecule has 0 atom stereocenters. The summed E-state index contributed by atoms with van der Waals surface area (Å²) in [6.45, 7) is 1.35. The van der Waals surface area contributed by atoms with Crippen LogP contribution in [-0.4, -0.2) is 15.0 Å². The van der Waals surface area contributed by atoms with Gasteiger partial charge in [-0.3, -0.25) is 0 Å². The molecule has 0 aliphatic heterocycles. The SMILES string of the molecule is Nc1ccc(CNCCc2ccc(S(N)(=O)=O)cc2)o1. The smallest absolute Gasteiger partial charge is 0.238 e. The fourth-order valence-electron chi connectivity index (χ4n) is 1.78. The number of nitrogens with one attached hydrogen (secondary N) is 1. The maximum atomic E-state index is 11.1. The van der Waals surface area contributed by atoms with Gasteiger partial charge in [-0.1, -0.05) is 12.1 Å². The summed E-state index contributed by atoms with van der Waals surface area (Å²) in [5.41, 5.74) is 6.50. The molecule has 0 saturated carbocycles. The number of furan rings is 1. The zero-order valence-electron chi connectivity index (χ0n) is 10.9. The molecule has 0 amide bonds. The Hall–Kier alpha value is -1.83. The molecule has 0 aliphatic rings. The normalized spacial score (nSPS) is 11.7. The number of primary sulfonamides is 1. The second kappa shape index (κ2) is 6.08. The largest absolute Gasteiger partial charge is 0.445 e. The first-order valence-corrected chi connectivity index (χ1v) is 7.66. The zero-order chi connectivity index (χ0) is 14.6. The van der Waals surface area contributed by atoms with Gasteiger partial charge in [-0.15, -0.1) is 0 Å². The molecule has 2 aromatic rings. The maximum Gasteiger partial charge on any atom is 0.238 e. The van der Waals surface area contributed by atoms with Crippen molar-refractivity contribution in [1.29, 1.82) is 0 Å². The van der Waals surface area contributed by atoms with E-state index in [0.717, 1.165) is 24.3 Å². The first kappa shape index (κ1) is 14.6. The van der Waals surface area contributed by atoms with Gasteiger partial charge in [0, 0.05) is 6.07 Å². The molecule has 0 spiro atoms. The van der Waals surface area contributed by atoms with Crippen molar-refractivity contribution in [1.82, 2.24) is 5.32 Å². The van der Waals surface area contributed by atoms with Crippen LogP contribution in [0.25, 0.3) is 0 Å². The predicted octanol–water partition coefficient (Wildman–Crippen LogP) is 0.842. The lowest BCUT2D eigenvalue weighted by atomic mass is 10.1. The number of nitrogens with two attached hydrogens (primary N) is 2. The molecule has 0 aliphatic carbocycles. The lowest BCUT2D eigenvalue weighted by Crippen LogP contribution is -2.16. The van der Waals surface area contributed by atoms with Gasteiger partial charge in [0.25, 0.3) is 0 Å². The fraction of sp³-hybridized carbons (Fsp3) is 0.231. The summed E-state index contributed by atoms with van der Waals surface area (Å²) >= 11 is 0. The third-order valence-electron chi connectivity index (χ3n) is 2.82. The van der Waals surface area contributed by atoms with Crippen LogP contribution >= 0.6 is 0 Å². The molecule has 0 radical (unpaired) electrons. The van der Waals surface area contributed by atoms with Gasteiger partial charge < -0.3 is 15.5 Å². The Balaban J connectivity index is 1.80. The number of anilines is 1. The van der Waals surface area contributed by atoms with Gasteiger partial charge in [0.15, 0.2) is 5.88 Å². The summed E-state index contributed by atoms with van der Waals surface area (Å²) in [5.74, 6) is 1.19. The molecule has 0 bridgehead atoms. The van der Waals surface area contributed by atoms with Crippen molar-refractivity contribution < 1.29 is 12.8 Å². The van der Waals surface area contributed by atoms with Crippen LogP contribution in [0.4, 0.5) is 5.88 Å². The van der Waals surface area contributed by atoms with Crippen LogP contribution in [0.1, 0.15) is 11.3 Å². The number of nitrogen functional groups attached to an aromatic ring is 1. The summed E-state index contributed by atoms with van der Waals surface area (Å²) in [4.78, 5) is 0.125. The molecular weight excluding hydrogens is 278 g/mol. The quantitative estimate of drug-likeness (QED) is 0.684. The van der Waals surface area contributed by atoms with E-state index in [1.165, 1.54) is 12.1 Å². The maximum absolute atomic E-state index is 11.1. The lowest BCUT2D eigenvalue weighted by Gasteiger charge is -2.04. The molecule has 1 aromatic carbocycles. The lowest BCUT2D eigenvalue weighted by molar-refractivity contribution is 0.498. The fourth-order valence-corrected chi connectivity index (χ4v) is 2.30. The Kier molecular flexibility index (Phi) is 4.43. The molecule has 1 heterocycles. The summed E-state index contributed by atoms with van der Waals surface area (Å²) < 4.78 is 27.4. The summed E-state index contributed by atoms with van der Waals surface area (Å²) in [7, 11) is -3.62. The number of hydrogen-bond donors (Lipinski definition) is 3. The van der Waals surface area contributed by atoms with Crippen LogP contribution in [0, 0.1) is 0 Å². The van der Waals surface area contributed by atoms with E-state index < -0.39 is 10.0 Å². The van der Waals surface area contributed by atoms with E-state index in [9.17, 15) is 8.42 Å². The van der Waals surface area contributed by atoms with E-state index in [4.69, 9.17) is 15.3 Å². The molecular formula is C13H17N3O3S. The van der Waals surface area contributed by atoms with Gasteiger partial charge in [0.05, 0.1) is 11.4 Å². The van der Waals surface area contributed by atoms with Crippen LogP contribution in [0.3, 0.4) is 0 Å². The van der Waals surface area contributed by atoms with Crippen LogP contribution in [0.15, 0.2) is 45.7 Å². The first-order chi connectivity index (χ1) is 9.45. The molecule has 1 aromatic heterocycles. The van der Waals surface area contributed by atoms with Crippen molar-refractivity contribution in [3.05, 3.63) is 47.7 Å². The number of hydrogen-bond acceptors (Lipinski definition) is 5. The highest BCUT2D eigenvalue weighted by atomic mass is 32.2. The third kappa shape index (κ3) is 4.09. The van der Waals surface area contributed by atoms with Crippen molar-refractivity contribution in [3.63, 3.8) is 0 Å². The van der Waals surface area contributed by atoms with Crippen molar-refractivity contribution >= 4 is 15.9 Å². The molecule has 108 valence electrons. The molecule has 0 fully saturated rings. The highest BCUT2D eigenvalue weighted by Gasteiger charge is 2.06. The molecule has 5 N–H and O–H groups in total. The summed E-state index contributed by atoms with van der Waals surface area (Å²) in [6, 6.07) is 10.1. The Morgan fingerprint density at radius 1 is 1.10 bits per heavy atom. The van der Waals surface area contributed by atoms with Gasteiger partial charge in [0.2, 0.25) is 10.0 Å². The van der Waals surface area contributed by atoms with Gasteiger partial charge in [-0.2, -0.15) is 0 Å². The topological polar surface area (TPSA) is 111 Å². The van der Waals surface area contributed by atoms with Crippen molar-refractivity contribution in [2.75, 3.05) is 12.3 Å². The van der Waals surface area contributed by atoms with Crippen molar-refractivity contribution in [2.45, 2.75) is 17.9 Å². The second-order valence-electron chi connectivity index (χ2n) is 4.42. The predicted molar refractivity (Wildman–Crippen MR) is 76.3 cm³/mol. The molecule has 7 heteroatoms. The number of sulfonamides is 1. The molecule has 0 saturated heterocycles. The van der Waals surface area contributed by atoms with E-state index >= 15 is 0 Å². The van der Waals surface area contributed by atoms with E-state index in [2.05, 4.69) is 5.32 Å². The van der Waals surface area contributed by atoms with Crippen molar-refractivity contribution in [2.24, 2.45) is 5.14 Å². The molecule has 20 heavy (non-hydrogen) atoms. The Labute approximate surface area is 117 Å². The minimum absolute atomic E-state index is 0.125. The number of rotatable bonds is 6. The average Bonchev–Trinajstić information content (AvgIpc) is 2.80. The minimum atomic E-state index is -3.62. The Morgan fingerprint density at radius 2 is 1.80 bits per heavy atom. The van der Waals surface area contributed by atoms with Crippen LogP contribution < -0.4 is 16.2 Å². The van der Waals surface area contributed by atoms with Gasteiger partial charge in [-0.25, -0.2) is 13.6 Å². The van der Waals surface area contributed by atoms with Crippen LogP contribution in [0.5, 0.6) is 0 Å². The van der Waals surface area contributed by atoms with Gasteiger partial charge in [-0.05, 0) is 36.7 Å². The minimum Gasteiger partial charge on any atom is -0.445 e. The Bertz CT molecular complexity index is 662. The monoisotopic (exact) mass is 295 g/mol. The van der Waals surface area contributed by atoms with Crippen LogP contribution in [-0.2, 0) is 23.0 Å². The highest BCUT2D eigenvalue weighted by Crippen LogP contribution is 2.10. The first-order valence-electron chi connectivity index (χ1n) is 6.12. The third-order valence-corrected chi connectivity index (χ3v) is 3.75. The Morgan fingerprint density at radius 3 is 2.35 bits per heavy atom. The van der Waals surface area contributed by atoms with Crippen LogP contribution in [0.2, 0.25) is 0 Å². The van der Waals surface area contributed by atoms with Crippen molar-refractivity contribution in [3.8, 4) is 0 Å². The zero-order valence-corrected chi connectivity index (χ0v) is 11.7. The summed E-state index contributed by atoms with van der Waals surface area (Å²) in [6.07, 6.45) is 0.779. The van der Waals surface area contributed by atoms with E-state index in [1.54, 1.807) is 18.2 Å². The van der Waals surface area contributed by atoms with E-state index in [0.29, 0.717) is 12.4 Å². The van der Waals surface area contributed by atoms with E-state index in [1.807, 2.05) is 6.07 Å². The van der Waals surface area contributed by atoms with Gasteiger partial charge >= 0.3 is 0 Å². The second-order valence-corrected chi connectivity index (χ2v) is 5.98. The standard InChI is InChI=1S/C13H17N3O3S/c14-13-6-3-11(19-13)9-16-8-7-10-1-4-12(5-2-10)20(15,17)18/h1-6,16H,7-9,14H2,(H2,15,17,18). The van der Waals surface area contributed by atoms with Gasteiger partial charge in [0.1, 0.15) is 5.76 Å². The molecule has 0 unspecified atom stereocenters. The summed E-state index contributed by atoms with van der Waals surface area (Å²) in [5, 5.41) is 8.25. The molecule has 6 nitrogen and oxygen atoms in total.